The highest BCUT2D eigenvalue weighted by molar-refractivity contribution is 5.92. The van der Waals surface area contributed by atoms with Gasteiger partial charge in [0.2, 0.25) is 6.20 Å². The average Bonchev–Trinajstić information content (AvgIpc) is 3.36. The number of hydrazine groups is 1. The molecule has 5 nitrogen and oxygen atoms in total. The molecule has 0 aromatic heterocycles. The van der Waals surface area contributed by atoms with E-state index in [1.807, 2.05) is 17.0 Å². The Morgan fingerprint density at radius 2 is 2.07 bits per heavy atom. The predicted octanol–water partition coefficient (Wildman–Crippen LogP) is 3.92. The van der Waals surface area contributed by atoms with Crippen molar-refractivity contribution >= 4 is 12.2 Å². The normalized spacial score (nSPS) is 34.3. The van der Waals surface area contributed by atoms with Gasteiger partial charge in [0.1, 0.15) is 16.9 Å². The lowest BCUT2D eigenvalue weighted by Crippen LogP contribution is -2.43. The maximum atomic E-state index is 11.7. The molecule has 4 aliphatic rings. The molecule has 2 fully saturated rings. The minimum atomic E-state index is -0.929. The molecule has 1 aliphatic heterocycles. The number of carbonyl (C=O) groups is 1. The average molecular weight is 372 g/mol. The van der Waals surface area contributed by atoms with Crippen LogP contribution in [0.1, 0.15) is 65.2 Å². The molecule has 1 unspecified atom stereocenters. The van der Waals surface area contributed by atoms with Crippen molar-refractivity contribution in [3.05, 3.63) is 35.3 Å². The molecule has 2 saturated carbocycles. The van der Waals surface area contributed by atoms with E-state index in [9.17, 15) is 9.90 Å². The number of carboxylic acid groups (broad SMARTS) is 1. The first-order valence-electron chi connectivity index (χ1n) is 10.4. The molecule has 146 valence electrons. The van der Waals surface area contributed by atoms with Crippen molar-refractivity contribution in [1.82, 2.24) is 5.43 Å². The van der Waals surface area contributed by atoms with Crippen LogP contribution in [0.2, 0.25) is 0 Å². The van der Waals surface area contributed by atoms with Crippen LogP contribution >= 0.6 is 0 Å². The number of aliphatic carboxylic acids is 1. The third-order valence-electron chi connectivity index (χ3n) is 6.23. The molecule has 1 heterocycles. The van der Waals surface area contributed by atoms with Gasteiger partial charge in [-0.3, -0.25) is 0 Å². The summed E-state index contributed by atoms with van der Waals surface area (Å²) in [5, 5.41) is 9.58. The van der Waals surface area contributed by atoms with E-state index in [0.29, 0.717) is 11.7 Å². The second kappa shape index (κ2) is 7.17. The fraction of sp³-hybridized carbons (Fsp3) is 0.636. The van der Waals surface area contributed by atoms with Gasteiger partial charge < -0.3 is 9.84 Å². The van der Waals surface area contributed by atoms with Crippen LogP contribution in [0.15, 0.2) is 35.3 Å². The van der Waals surface area contributed by atoms with Gasteiger partial charge in [0, 0.05) is 5.92 Å². The van der Waals surface area contributed by atoms with Crippen molar-refractivity contribution in [1.29, 1.82) is 0 Å². The Morgan fingerprint density at radius 1 is 1.33 bits per heavy atom. The number of hydrogen-bond donors (Lipinski definition) is 2. The summed E-state index contributed by atoms with van der Waals surface area (Å²) in [6.45, 7) is 4.35. The van der Waals surface area contributed by atoms with E-state index >= 15 is 0 Å². The molecule has 0 bridgehead atoms. The minimum Gasteiger partial charge on any atom is -0.490 e. The summed E-state index contributed by atoms with van der Waals surface area (Å²) in [4.78, 5) is 11.7. The van der Waals surface area contributed by atoms with E-state index in [-0.39, 0.29) is 11.7 Å². The quantitative estimate of drug-likeness (QED) is 0.695. The number of rotatable bonds is 6. The molecule has 1 atom stereocenters. The van der Waals surface area contributed by atoms with Gasteiger partial charge in [0.05, 0.1) is 11.7 Å². The van der Waals surface area contributed by atoms with Crippen LogP contribution in [0.25, 0.3) is 0 Å². The second-order valence-electron chi connectivity index (χ2n) is 8.71. The van der Waals surface area contributed by atoms with Crippen LogP contribution in [0.3, 0.4) is 0 Å². The molecule has 0 saturated heterocycles. The summed E-state index contributed by atoms with van der Waals surface area (Å²) in [6, 6.07) is 0. The summed E-state index contributed by atoms with van der Waals surface area (Å²) in [5.74, 6) is 1.05. The monoisotopic (exact) mass is 371 g/mol. The van der Waals surface area contributed by atoms with E-state index < -0.39 is 11.5 Å². The van der Waals surface area contributed by atoms with Gasteiger partial charge in [-0.15, -0.1) is 0 Å². The van der Waals surface area contributed by atoms with E-state index in [0.717, 1.165) is 24.3 Å². The highest BCUT2D eigenvalue weighted by Crippen LogP contribution is 2.38. The summed E-state index contributed by atoms with van der Waals surface area (Å²) in [5.41, 5.74) is 4.34. The van der Waals surface area contributed by atoms with Gasteiger partial charge in [-0.1, -0.05) is 24.4 Å². The highest BCUT2D eigenvalue weighted by Gasteiger charge is 2.43. The Kier molecular flexibility index (Phi) is 4.87. The van der Waals surface area contributed by atoms with E-state index in [1.54, 1.807) is 6.08 Å². The van der Waals surface area contributed by atoms with Crippen molar-refractivity contribution < 1.29 is 19.3 Å². The Labute approximate surface area is 161 Å². The number of nitrogens with one attached hydrogen (secondary N) is 1. The standard InChI is InChI=1S/C22H30N2O3/c1-3-4-15-5-7-16(8-6-15)13-24-14-17-11-19(21(25)26)20(27-18-9-10-18)12-22(17,2)23-24/h11-16,18,23H,3-10H2,1-2H3/p+1/b24-13-. The van der Waals surface area contributed by atoms with Crippen molar-refractivity contribution in [3.63, 3.8) is 0 Å². The Hall–Kier alpha value is -2.04. The van der Waals surface area contributed by atoms with E-state index in [1.165, 1.54) is 38.5 Å². The zero-order chi connectivity index (χ0) is 19.0. The Morgan fingerprint density at radius 3 is 2.70 bits per heavy atom. The smallest absolute Gasteiger partial charge is 0.339 e. The van der Waals surface area contributed by atoms with E-state index in [4.69, 9.17) is 4.74 Å². The van der Waals surface area contributed by atoms with Crippen molar-refractivity contribution in [3.8, 4) is 0 Å². The fourth-order valence-corrected chi connectivity index (χ4v) is 4.49. The molecule has 27 heavy (non-hydrogen) atoms. The predicted molar refractivity (Wildman–Crippen MR) is 104 cm³/mol. The summed E-state index contributed by atoms with van der Waals surface area (Å²) < 4.78 is 7.93. The molecule has 0 radical (unpaired) electrons. The van der Waals surface area contributed by atoms with Crippen molar-refractivity contribution in [2.75, 3.05) is 0 Å². The summed E-state index contributed by atoms with van der Waals surface area (Å²) in [7, 11) is 0. The number of nitrogens with zero attached hydrogens (tertiary/aromatic N) is 1. The number of hydrazone groups is 1. The maximum Gasteiger partial charge on any atom is 0.339 e. The lowest BCUT2D eigenvalue weighted by Gasteiger charge is -2.26. The maximum absolute atomic E-state index is 11.7. The number of hydrogen-bond acceptors (Lipinski definition) is 3. The third kappa shape index (κ3) is 3.97. The molecule has 0 spiro atoms. The van der Waals surface area contributed by atoms with Gasteiger partial charge in [-0.2, -0.15) is 5.43 Å². The van der Waals surface area contributed by atoms with Gasteiger partial charge >= 0.3 is 5.97 Å². The number of fused-ring (bicyclic) bond motifs is 1. The summed E-state index contributed by atoms with van der Waals surface area (Å²) >= 11 is 0. The molecule has 3 aliphatic carbocycles. The first kappa shape index (κ1) is 18.3. The number of ether oxygens (including phenoxy) is 1. The van der Waals surface area contributed by atoms with Gasteiger partial charge in [0.25, 0.3) is 0 Å². The first-order valence-corrected chi connectivity index (χ1v) is 10.4. The largest absolute Gasteiger partial charge is 0.490 e. The lowest BCUT2D eigenvalue weighted by atomic mass is 9.80. The SMILES string of the molecule is CCCC1CCC(/C=[N+]2/C=C3C=C(C(=O)O)C(OC4CC4)=CC3(C)N2)CC1. The van der Waals surface area contributed by atoms with Crippen LogP contribution in [-0.2, 0) is 9.53 Å². The van der Waals surface area contributed by atoms with Gasteiger partial charge in [-0.05, 0) is 63.5 Å². The minimum absolute atomic E-state index is 0.176. The molecule has 0 aromatic rings. The van der Waals surface area contributed by atoms with Gasteiger partial charge in [-0.25, -0.2) is 4.79 Å². The topological polar surface area (TPSA) is 61.6 Å². The number of carboxylic acids is 1. The molecule has 4 rings (SSSR count). The van der Waals surface area contributed by atoms with Crippen LogP contribution < -0.4 is 5.43 Å². The van der Waals surface area contributed by atoms with E-state index in [2.05, 4.69) is 25.5 Å². The second-order valence-corrected chi connectivity index (χ2v) is 8.71. The van der Waals surface area contributed by atoms with Gasteiger partial charge in [0.15, 0.2) is 6.21 Å². The Balaban J connectivity index is 1.50. The molecule has 0 aromatic carbocycles. The molecular weight excluding hydrogens is 340 g/mol. The van der Waals surface area contributed by atoms with Crippen LogP contribution in [0.4, 0.5) is 0 Å². The highest BCUT2D eigenvalue weighted by atomic mass is 16.5. The van der Waals surface area contributed by atoms with Crippen molar-refractivity contribution in [2.45, 2.75) is 76.9 Å². The fourth-order valence-electron chi connectivity index (χ4n) is 4.49. The zero-order valence-corrected chi connectivity index (χ0v) is 16.4. The Bertz CT molecular complexity index is 737. The lowest BCUT2D eigenvalue weighted by molar-refractivity contribution is -0.518. The molecule has 5 heteroatoms. The van der Waals surface area contributed by atoms with Crippen LogP contribution in [0, 0.1) is 11.8 Å². The van der Waals surface area contributed by atoms with Crippen LogP contribution in [0.5, 0.6) is 0 Å². The molecule has 0 amide bonds. The van der Waals surface area contributed by atoms with Crippen molar-refractivity contribution in [2.24, 2.45) is 11.8 Å². The van der Waals surface area contributed by atoms with Crippen LogP contribution in [-0.4, -0.2) is 33.6 Å². The first-order chi connectivity index (χ1) is 13.0. The molecular formula is C22H31N2O3+. The molecule has 2 N–H and O–H groups in total. The zero-order valence-electron chi connectivity index (χ0n) is 16.4. The third-order valence-corrected chi connectivity index (χ3v) is 6.23. The summed E-state index contributed by atoms with van der Waals surface area (Å²) in [6.07, 6.45) is 18.0.